The third-order valence-corrected chi connectivity index (χ3v) is 4.10. The third-order valence-electron chi connectivity index (χ3n) is 4.10. The van der Waals surface area contributed by atoms with E-state index in [0.29, 0.717) is 18.2 Å². The van der Waals surface area contributed by atoms with E-state index in [1.54, 1.807) is 0 Å². The molecular weight excluding hydrogens is 276 g/mol. The van der Waals surface area contributed by atoms with Crippen LogP contribution in [-0.2, 0) is 24.2 Å². The van der Waals surface area contributed by atoms with Gasteiger partial charge in [0.1, 0.15) is 5.82 Å². The highest BCUT2D eigenvalue weighted by atomic mass is 16.2. The molecule has 5 heteroatoms. The van der Waals surface area contributed by atoms with Crippen molar-refractivity contribution in [1.82, 2.24) is 19.7 Å². The Morgan fingerprint density at radius 1 is 1.18 bits per heavy atom. The van der Waals surface area contributed by atoms with E-state index in [1.807, 2.05) is 9.58 Å². The van der Waals surface area contributed by atoms with Gasteiger partial charge in [0.25, 0.3) is 0 Å². The summed E-state index contributed by atoms with van der Waals surface area (Å²) in [4.78, 5) is 18.8. The fraction of sp³-hybridized carbons (Fsp3) is 0.824. The summed E-state index contributed by atoms with van der Waals surface area (Å²) in [6.07, 6.45) is 6.85. The Bertz CT molecular complexity index is 481. The molecule has 1 amide bonds. The number of aryl methyl sites for hydroxylation is 1. The number of hydrogen-bond donors (Lipinski definition) is 0. The quantitative estimate of drug-likeness (QED) is 0.778. The van der Waals surface area contributed by atoms with Gasteiger partial charge in [-0.1, -0.05) is 27.2 Å². The van der Waals surface area contributed by atoms with Crippen molar-refractivity contribution in [2.75, 3.05) is 13.1 Å². The van der Waals surface area contributed by atoms with Crippen LogP contribution >= 0.6 is 0 Å². The number of carbonyl (C=O) groups excluding carboxylic acids is 1. The molecule has 2 rings (SSSR count). The summed E-state index contributed by atoms with van der Waals surface area (Å²) in [6, 6.07) is 0. The van der Waals surface area contributed by atoms with Crippen LogP contribution in [0.25, 0.3) is 0 Å². The summed E-state index contributed by atoms with van der Waals surface area (Å²) in [6.45, 7) is 9.13. The summed E-state index contributed by atoms with van der Waals surface area (Å²) in [5.74, 6) is 2.86. The highest BCUT2D eigenvalue weighted by molar-refractivity contribution is 5.76. The van der Waals surface area contributed by atoms with Crippen LogP contribution in [0.15, 0.2) is 0 Å². The zero-order valence-corrected chi connectivity index (χ0v) is 14.3. The van der Waals surface area contributed by atoms with Crippen molar-refractivity contribution in [3.63, 3.8) is 0 Å². The lowest BCUT2D eigenvalue weighted by Crippen LogP contribution is -2.32. The Hall–Kier alpha value is -1.39. The molecule has 0 aliphatic carbocycles. The summed E-state index contributed by atoms with van der Waals surface area (Å²) >= 11 is 0. The lowest BCUT2D eigenvalue weighted by atomic mass is 10.1. The van der Waals surface area contributed by atoms with Crippen molar-refractivity contribution >= 4 is 5.91 Å². The van der Waals surface area contributed by atoms with Gasteiger partial charge in [-0.25, -0.2) is 9.67 Å². The van der Waals surface area contributed by atoms with Gasteiger partial charge < -0.3 is 4.90 Å². The number of rotatable bonds is 7. The summed E-state index contributed by atoms with van der Waals surface area (Å²) in [5, 5.41) is 4.64. The van der Waals surface area contributed by atoms with E-state index in [2.05, 4.69) is 25.9 Å². The molecule has 1 aromatic rings. The summed E-state index contributed by atoms with van der Waals surface area (Å²) in [7, 11) is 0. The molecule has 1 aliphatic rings. The molecule has 2 heterocycles. The molecule has 0 unspecified atom stereocenters. The molecule has 124 valence electrons. The number of carbonyl (C=O) groups is 1. The minimum Gasteiger partial charge on any atom is -0.342 e. The van der Waals surface area contributed by atoms with Gasteiger partial charge in [0.15, 0.2) is 5.82 Å². The fourth-order valence-corrected chi connectivity index (χ4v) is 2.96. The standard InChI is InChI=1S/C17H30N4O/c1-4-10-21-16(18-15(19-21)13-14(2)3)9-12-20-11-7-5-6-8-17(20)22/h14H,4-13H2,1-3H3. The van der Waals surface area contributed by atoms with Gasteiger partial charge in [-0.05, 0) is 25.2 Å². The minimum absolute atomic E-state index is 0.307. The molecule has 0 atom stereocenters. The Morgan fingerprint density at radius 2 is 2.00 bits per heavy atom. The maximum absolute atomic E-state index is 12.1. The second kappa shape index (κ2) is 8.30. The van der Waals surface area contributed by atoms with Crippen molar-refractivity contribution in [2.24, 2.45) is 5.92 Å². The first kappa shape index (κ1) is 17.0. The second-order valence-corrected chi connectivity index (χ2v) is 6.71. The second-order valence-electron chi connectivity index (χ2n) is 6.71. The van der Waals surface area contributed by atoms with Crippen molar-refractivity contribution < 1.29 is 4.79 Å². The maximum atomic E-state index is 12.1. The molecule has 0 bridgehead atoms. The number of nitrogens with zero attached hydrogens (tertiary/aromatic N) is 4. The monoisotopic (exact) mass is 306 g/mol. The van der Waals surface area contributed by atoms with E-state index in [4.69, 9.17) is 4.98 Å². The van der Waals surface area contributed by atoms with Crippen LogP contribution in [0.2, 0.25) is 0 Å². The largest absolute Gasteiger partial charge is 0.342 e. The first-order chi connectivity index (χ1) is 10.6. The Balaban J connectivity index is 2.00. The van der Waals surface area contributed by atoms with Gasteiger partial charge in [-0.3, -0.25) is 4.79 Å². The molecular formula is C17H30N4O. The smallest absolute Gasteiger partial charge is 0.222 e. The predicted molar refractivity (Wildman–Crippen MR) is 87.6 cm³/mol. The number of likely N-dealkylation sites (tertiary alicyclic amines) is 1. The third kappa shape index (κ3) is 4.82. The lowest BCUT2D eigenvalue weighted by molar-refractivity contribution is -0.130. The molecule has 1 aromatic heterocycles. The number of amides is 1. The maximum Gasteiger partial charge on any atom is 0.222 e. The van der Waals surface area contributed by atoms with Crippen LogP contribution in [0, 0.1) is 5.92 Å². The normalized spacial score (nSPS) is 16.4. The fourth-order valence-electron chi connectivity index (χ4n) is 2.96. The Kier molecular flexibility index (Phi) is 6.40. The average molecular weight is 306 g/mol. The molecule has 0 saturated carbocycles. The first-order valence-electron chi connectivity index (χ1n) is 8.80. The van der Waals surface area contributed by atoms with E-state index >= 15 is 0 Å². The Morgan fingerprint density at radius 3 is 2.73 bits per heavy atom. The average Bonchev–Trinajstić information content (AvgIpc) is 2.70. The van der Waals surface area contributed by atoms with Gasteiger partial charge in [0.2, 0.25) is 5.91 Å². The number of aromatic nitrogens is 3. The van der Waals surface area contributed by atoms with Crippen LogP contribution in [0.1, 0.15) is 64.5 Å². The summed E-state index contributed by atoms with van der Waals surface area (Å²) < 4.78 is 2.04. The molecule has 0 aromatic carbocycles. The van der Waals surface area contributed by atoms with Crippen molar-refractivity contribution in [1.29, 1.82) is 0 Å². The minimum atomic E-state index is 0.307. The van der Waals surface area contributed by atoms with Gasteiger partial charge in [0, 0.05) is 38.9 Å². The molecule has 0 radical (unpaired) electrons. The molecule has 1 aliphatic heterocycles. The van der Waals surface area contributed by atoms with Crippen LogP contribution in [0.3, 0.4) is 0 Å². The molecule has 0 N–H and O–H groups in total. The molecule has 0 spiro atoms. The van der Waals surface area contributed by atoms with Gasteiger partial charge >= 0.3 is 0 Å². The van der Waals surface area contributed by atoms with Crippen molar-refractivity contribution in [2.45, 2.75) is 72.3 Å². The van der Waals surface area contributed by atoms with E-state index < -0.39 is 0 Å². The Labute approximate surface area is 134 Å². The van der Waals surface area contributed by atoms with Crippen molar-refractivity contribution in [3.05, 3.63) is 11.6 Å². The molecule has 22 heavy (non-hydrogen) atoms. The van der Waals surface area contributed by atoms with Crippen molar-refractivity contribution in [3.8, 4) is 0 Å². The highest BCUT2D eigenvalue weighted by Gasteiger charge is 2.18. The van der Waals surface area contributed by atoms with E-state index in [-0.39, 0.29) is 0 Å². The van der Waals surface area contributed by atoms with E-state index in [9.17, 15) is 4.79 Å². The molecule has 5 nitrogen and oxygen atoms in total. The van der Waals surface area contributed by atoms with Crippen LogP contribution in [0.4, 0.5) is 0 Å². The van der Waals surface area contributed by atoms with Crippen LogP contribution in [-0.4, -0.2) is 38.7 Å². The lowest BCUT2D eigenvalue weighted by Gasteiger charge is -2.20. The molecule has 1 fully saturated rings. The predicted octanol–water partition coefficient (Wildman–Crippen LogP) is 2.83. The molecule has 1 saturated heterocycles. The van der Waals surface area contributed by atoms with E-state index in [0.717, 1.165) is 63.4 Å². The van der Waals surface area contributed by atoms with E-state index in [1.165, 1.54) is 6.42 Å². The number of hydrogen-bond acceptors (Lipinski definition) is 3. The topological polar surface area (TPSA) is 51.0 Å². The first-order valence-corrected chi connectivity index (χ1v) is 8.80. The van der Waals surface area contributed by atoms with Crippen LogP contribution in [0.5, 0.6) is 0 Å². The van der Waals surface area contributed by atoms with Gasteiger partial charge in [-0.2, -0.15) is 5.10 Å². The van der Waals surface area contributed by atoms with Crippen LogP contribution < -0.4 is 0 Å². The SMILES string of the molecule is CCCn1nc(CC(C)C)nc1CCN1CCCCCC1=O. The van der Waals surface area contributed by atoms with Gasteiger partial charge in [-0.15, -0.1) is 0 Å². The zero-order chi connectivity index (χ0) is 15.9. The zero-order valence-electron chi connectivity index (χ0n) is 14.3. The highest BCUT2D eigenvalue weighted by Crippen LogP contribution is 2.13. The summed E-state index contributed by atoms with van der Waals surface area (Å²) in [5.41, 5.74) is 0. The van der Waals surface area contributed by atoms with Gasteiger partial charge in [0.05, 0.1) is 0 Å².